The Labute approximate surface area is 195 Å². The van der Waals surface area contributed by atoms with Crippen LogP contribution in [0.3, 0.4) is 0 Å². The molecule has 35 heavy (non-hydrogen) atoms. The molecular weight excluding hydrogens is 468 g/mol. The van der Waals surface area contributed by atoms with Crippen LogP contribution in [0.15, 0.2) is 30.7 Å². The van der Waals surface area contributed by atoms with Crippen molar-refractivity contribution in [2.24, 2.45) is 17.8 Å². The summed E-state index contributed by atoms with van der Waals surface area (Å²) in [6, 6.07) is 1.71. The van der Waals surface area contributed by atoms with Gasteiger partial charge < -0.3 is 15.4 Å². The number of nitrogens with one attached hydrogen (secondary N) is 2. The molecule has 7 rings (SSSR count). The van der Waals surface area contributed by atoms with Gasteiger partial charge in [0.1, 0.15) is 17.0 Å². The molecule has 0 unspecified atom stereocenters. The number of halogens is 4. The summed E-state index contributed by atoms with van der Waals surface area (Å²) in [5, 5.41) is 17.7. The molecular formula is C23H20F4N6O2. The maximum atomic E-state index is 13.9. The number of aromatic nitrogens is 5. The number of hydrogen-bond acceptors (Lipinski definition) is 5. The average Bonchev–Trinajstić information content (AvgIpc) is 3.43. The first-order valence-corrected chi connectivity index (χ1v) is 11.3. The third kappa shape index (κ3) is 3.58. The van der Waals surface area contributed by atoms with E-state index in [4.69, 9.17) is 0 Å². The summed E-state index contributed by atoms with van der Waals surface area (Å²) in [7, 11) is 0. The first-order valence-electron chi connectivity index (χ1n) is 11.3. The molecule has 2 bridgehead atoms. The SMILES string of the molecule is O=C(O)[C@@H]1C2CCC(CC2)[C@H]1Nc1nc(-c2c[nH]c3ncc(F)cc23)nn2cc(C(F)(F)F)cc12. The van der Waals surface area contributed by atoms with Gasteiger partial charge in [0.05, 0.1) is 17.7 Å². The average molecular weight is 488 g/mol. The second-order valence-corrected chi connectivity index (χ2v) is 9.30. The van der Waals surface area contributed by atoms with Gasteiger partial charge in [0.25, 0.3) is 0 Å². The minimum Gasteiger partial charge on any atom is -0.481 e. The molecule has 3 saturated carbocycles. The zero-order chi connectivity index (χ0) is 24.5. The predicted molar refractivity (Wildman–Crippen MR) is 117 cm³/mol. The lowest BCUT2D eigenvalue weighted by molar-refractivity contribution is -0.148. The molecule has 3 aliphatic carbocycles. The van der Waals surface area contributed by atoms with E-state index in [0.717, 1.165) is 48.7 Å². The van der Waals surface area contributed by atoms with Gasteiger partial charge in [0, 0.05) is 29.4 Å². The summed E-state index contributed by atoms with van der Waals surface area (Å²) in [5.41, 5.74) is -0.0906. The normalized spacial score (nSPS) is 24.3. The number of carboxylic acids is 1. The van der Waals surface area contributed by atoms with Crippen molar-refractivity contribution >= 4 is 28.3 Å². The largest absolute Gasteiger partial charge is 0.481 e. The minimum absolute atomic E-state index is 0.00696. The van der Waals surface area contributed by atoms with Gasteiger partial charge >= 0.3 is 12.1 Å². The molecule has 0 aliphatic heterocycles. The molecule has 0 spiro atoms. The molecule has 8 nitrogen and oxygen atoms in total. The molecule has 3 aliphatic rings. The number of anilines is 1. The van der Waals surface area contributed by atoms with Crippen molar-refractivity contribution in [2.75, 3.05) is 5.32 Å². The van der Waals surface area contributed by atoms with Crippen molar-refractivity contribution in [2.45, 2.75) is 37.9 Å². The van der Waals surface area contributed by atoms with Crippen LogP contribution in [0.5, 0.6) is 0 Å². The number of nitrogens with zero attached hydrogens (tertiary/aromatic N) is 4. The first-order chi connectivity index (χ1) is 16.7. The highest BCUT2D eigenvalue weighted by Gasteiger charge is 2.47. The number of aliphatic carboxylic acids is 1. The van der Waals surface area contributed by atoms with E-state index in [-0.39, 0.29) is 29.0 Å². The number of carboxylic acid groups (broad SMARTS) is 1. The Morgan fingerprint density at radius 3 is 2.63 bits per heavy atom. The number of rotatable bonds is 4. The number of hydrogen-bond donors (Lipinski definition) is 3. The summed E-state index contributed by atoms with van der Waals surface area (Å²) < 4.78 is 55.5. The highest BCUT2D eigenvalue weighted by Crippen LogP contribution is 2.46. The third-order valence-corrected chi connectivity index (χ3v) is 7.34. The van der Waals surface area contributed by atoms with Crippen LogP contribution >= 0.6 is 0 Å². The lowest BCUT2D eigenvalue weighted by Crippen LogP contribution is -2.51. The Morgan fingerprint density at radius 1 is 1.17 bits per heavy atom. The van der Waals surface area contributed by atoms with Crippen LogP contribution in [0.25, 0.3) is 27.9 Å². The fourth-order valence-electron chi connectivity index (χ4n) is 5.71. The number of fused-ring (bicyclic) bond motifs is 5. The van der Waals surface area contributed by atoms with Crippen LogP contribution in [-0.4, -0.2) is 41.7 Å². The van der Waals surface area contributed by atoms with Crippen LogP contribution in [0.1, 0.15) is 31.2 Å². The number of aromatic amines is 1. The van der Waals surface area contributed by atoms with Crippen molar-refractivity contribution in [1.82, 2.24) is 24.6 Å². The quantitative estimate of drug-likeness (QED) is 0.359. The molecule has 3 fully saturated rings. The molecule has 2 atom stereocenters. The lowest BCUT2D eigenvalue weighted by atomic mass is 9.61. The summed E-state index contributed by atoms with van der Waals surface area (Å²) in [6.45, 7) is 0. The van der Waals surface area contributed by atoms with Crippen molar-refractivity contribution in [3.63, 3.8) is 0 Å². The van der Waals surface area contributed by atoms with Crippen LogP contribution in [-0.2, 0) is 11.0 Å². The summed E-state index contributed by atoms with van der Waals surface area (Å²) in [6.07, 6.45) is 2.16. The zero-order valence-electron chi connectivity index (χ0n) is 18.2. The van der Waals surface area contributed by atoms with Gasteiger partial charge in [-0.05, 0) is 49.7 Å². The Balaban J connectivity index is 1.51. The van der Waals surface area contributed by atoms with Gasteiger partial charge in [-0.3, -0.25) is 4.79 Å². The summed E-state index contributed by atoms with van der Waals surface area (Å²) in [5.74, 6) is -1.93. The molecule has 0 aromatic carbocycles. The van der Waals surface area contributed by atoms with Crippen molar-refractivity contribution in [3.05, 3.63) is 42.1 Å². The predicted octanol–water partition coefficient (Wildman–Crippen LogP) is 4.73. The van der Waals surface area contributed by atoms with Crippen LogP contribution in [0.2, 0.25) is 0 Å². The fourth-order valence-corrected chi connectivity index (χ4v) is 5.71. The molecule has 0 radical (unpaired) electrons. The highest BCUT2D eigenvalue weighted by molar-refractivity contribution is 5.92. The van der Waals surface area contributed by atoms with E-state index in [0.29, 0.717) is 16.6 Å². The van der Waals surface area contributed by atoms with Gasteiger partial charge in [-0.1, -0.05) is 0 Å². The van der Waals surface area contributed by atoms with Crippen molar-refractivity contribution in [1.29, 1.82) is 0 Å². The van der Waals surface area contributed by atoms with Gasteiger partial charge in [-0.25, -0.2) is 18.9 Å². The monoisotopic (exact) mass is 488 g/mol. The van der Waals surface area contributed by atoms with E-state index in [9.17, 15) is 27.5 Å². The lowest BCUT2D eigenvalue weighted by Gasteiger charge is -2.47. The molecule has 0 saturated heterocycles. The molecule has 3 N–H and O–H groups in total. The number of carbonyl (C=O) groups is 1. The molecule has 0 amide bonds. The highest BCUT2D eigenvalue weighted by atomic mass is 19.4. The molecule has 12 heteroatoms. The molecule has 182 valence electrons. The topological polar surface area (TPSA) is 108 Å². The van der Waals surface area contributed by atoms with Gasteiger partial charge in [-0.15, -0.1) is 5.10 Å². The Bertz CT molecular complexity index is 1450. The maximum Gasteiger partial charge on any atom is 0.417 e. The van der Waals surface area contributed by atoms with E-state index in [2.05, 4.69) is 25.4 Å². The van der Waals surface area contributed by atoms with E-state index < -0.39 is 35.5 Å². The summed E-state index contributed by atoms with van der Waals surface area (Å²) >= 11 is 0. The number of alkyl halides is 3. The van der Waals surface area contributed by atoms with Gasteiger partial charge in [0.15, 0.2) is 11.6 Å². The van der Waals surface area contributed by atoms with E-state index in [1.54, 1.807) is 0 Å². The van der Waals surface area contributed by atoms with E-state index >= 15 is 0 Å². The first kappa shape index (κ1) is 21.8. The molecule has 4 aromatic rings. The standard InChI is InChI=1S/C23H20F4N6O2/c24-13-6-14-15(8-29-19(14)28-7-13)20-31-21(16-5-12(23(25,26)27)9-33(16)32-20)30-18-11-3-1-10(2-4-11)17(18)22(34)35/h5-11,17-18H,1-4H2,(H,28,29)(H,34,35)(H,30,31,32)/t10?,11?,17-,18-/m1/s1. The second kappa shape index (κ2) is 7.65. The van der Waals surface area contributed by atoms with Crippen LogP contribution in [0.4, 0.5) is 23.4 Å². The minimum atomic E-state index is -4.60. The third-order valence-electron chi connectivity index (χ3n) is 7.34. The van der Waals surface area contributed by atoms with Crippen molar-refractivity contribution < 1.29 is 27.5 Å². The Hall–Kier alpha value is -3.70. The second-order valence-electron chi connectivity index (χ2n) is 9.30. The molecule has 4 aromatic heterocycles. The van der Waals surface area contributed by atoms with Crippen LogP contribution < -0.4 is 5.32 Å². The van der Waals surface area contributed by atoms with E-state index in [1.807, 2.05) is 0 Å². The van der Waals surface area contributed by atoms with E-state index in [1.165, 1.54) is 12.3 Å². The number of H-pyrrole nitrogens is 1. The summed E-state index contributed by atoms with van der Waals surface area (Å²) in [4.78, 5) is 23.5. The zero-order valence-corrected chi connectivity index (χ0v) is 18.2. The van der Waals surface area contributed by atoms with Gasteiger partial charge in [-0.2, -0.15) is 13.2 Å². The Kier molecular flexibility index (Phi) is 4.77. The number of pyridine rings is 1. The smallest absolute Gasteiger partial charge is 0.417 e. The van der Waals surface area contributed by atoms with Crippen molar-refractivity contribution in [3.8, 4) is 11.4 Å². The Morgan fingerprint density at radius 2 is 1.91 bits per heavy atom. The fraction of sp³-hybridized carbons (Fsp3) is 0.391. The van der Waals surface area contributed by atoms with Crippen LogP contribution in [0, 0.1) is 23.6 Å². The maximum absolute atomic E-state index is 13.9. The molecule has 4 heterocycles. The van der Waals surface area contributed by atoms with Gasteiger partial charge in [0.2, 0.25) is 0 Å².